The molecule has 0 amide bonds. The van der Waals surface area contributed by atoms with E-state index in [9.17, 15) is 21.6 Å². The first-order valence-corrected chi connectivity index (χ1v) is 12.8. The molecule has 0 saturated carbocycles. The van der Waals surface area contributed by atoms with E-state index in [2.05, 4.69) is 4.72 Å². The number of hydrogen-bond donors (Lipinski definition) is 1. The van der Waals surface area contributed by atoms with E-state index in [1.807, 2.05) is 0 Å². The molecule has 8 heteroatoms. The van der Waals surface area contributed by atoms with Gasteiger partial charge in [-0.25, -0.2) is 21.6 Å². The number of rotatable bonds is 8. The first kappa shape index (κ1) is 24.2. The molecule has 0 aliphatic rings. The summed E-state index contributed by atoms with van der Waals surface area (Å²) in [7, 11) is -6.94. The van der Waals surface area contributed by atoms with Crippen LogP contribution in [0.3, 0.4) is 0 Å². The summed E-state index contributed by atoms with van der Waals surface area (Å²) in [5.74, 6) is -0.264. The van der Waals surface area contributed by atoms with Crippen LogP contribution in [0.2, 0.25) is 0 Å². The number of hydrogen-bond acceptors (Lipinski definition) is 5. The summed E-state index contributed by atoms with van der Waals surface area (Å²) < 4.78 is 51.0. The minimum absolute atomic E-state index is 0.0463. The molecule has 6 nitrogen and oxygen atoms in total. The van der Waals surface area contributed by atoms with Gasteiger partial charge < -0.3 is 0 Å². The topological polar surface area (TPSA) is 97.4 Å². The second kappa shape index (κ2) is 8.99. The Morgan fingerprint density at radius 2 is 1.53 bits per heavy atom. The van der Waals surface area contributed by atoms with Gasteiger partial charge in [0.2, 0.25) is 10.0 Å². The van der Waals surface area contributed by atoms with Crippen molar-refractivity contribution < 1.29 is 21.6 Å². The van der Waals surface area contributed by atoms with Gasteiger partial charge >= 0.3 is 0 Å². The number of ketones is 1. The van der Waals surface area contributed by atoms with Crippen LogP contribution in [0.1, 0.15) is 56.1 Å². The fourth-order valence-corrected chi connectivity index (χ4v) is 5.10. The molecule has 164 valence electrons. The lowest BCUT2D eigenvalue weighted by Crippen LogP contribution is -2.30. The highest BCUT2D eigenvalue weighted by atomic mass is 32.2. The van der Waals surface area contributed by atoms with Crippen molar-refractivity contribution in [2.75, 3.05) is 0 Å². The maximum atomic E-state index is 12.6. The molecule has 2 aromatic carbocycles. The minimum atomic E-state index is -3.64. The highest BCUT2D eigenvalue weighted by molar-refractivity contribution is 7.92. The lowest BCUT2D eigenvalue weighted by molar-refractivity contribution is 0.0993. The van der Waals surface area contributed by atoms with Crippen molar-refractivity contribution in [3.05, 3.63) is 65.2 Å². The number of sulfone groups is 1. The predicted octanol–water partition coefficient (Wildman–Crippen LogP) is 3.51. The fraction of sp³-hybridized carbons (Fsp3) is 0.409. The number of sulfonamides is 1. The van der Waals surface area contributed by atoms with Gasteiger partial charge in [0.05, 0.1) is 15.4 Å². The minimum Gasteiger partial charge on any atom is -0.294 e. The molecule has 0 bridgehead atoms. The lowest BCUT2D eigenvalue weighted by atomic mass is 10.0. The van der Waals surface area contributed by atoms with Gasteiger partial charge in [0, 0.05) is 18.0 Å². The molecule has 0 atom stereocenters. The van der Waals surface area contributed by atoms with Crippen LogP contribution in [-0.2, 0) is 32.0 Å². The standard InChI is InChI=1S/C22H29NO5S2/c1-16(2)23-30(27,28)20-8-6-7-18(13-20)14-21(24)19-11-9-17(10-12-19)15-29(25,26)22(3,4)5/h6-13,16,23H,14-15H2,1-5H3. The molecule has 0 heterocycles. The molecule has 0 aromatic heterocycles. The van der Waals surface area contributed by atoms with Crippen LogP contribution in [0.15, 0.2) is 53.4 Å². The SMILES string of the molecule is CC(C)NS(=O)(=O)c1cccc(CC(=O)c2ccc(CS(=O)(=O)C(C)(C)C)cc2)c1. The second-order valence-corrected chi connectivity index (χ2v) is 13.0. The molecule has 0 unspecified atom stereocenters. The average Bonchev–Trinajstić information content (AvgIpc) is 2.60. The molecule has 0 aliphatic carbocycles. The maximum Gasteiger partial charge on any atom is 0.240 e. The van der Waals surface area contributed by atoms with E-state index in [0.29, 0.717) is 16.7 Å². The van der Waals surface area contributed by atoms with Gasteiger partial charge in [-0.2, -0.15) is 0 Å². The van der Waals surface area contributed by atoms with E-state index in [-0.39, 0.29) is 28.9 Å². The third-order valence-electron chi connectivity index (χ3n) is 4.53. The Morgan fingerprint density at radius 1 is 0.933 bits per heavy atom. The van der Waals surface area contributed by atoms with Crippen LogP contribution in [0, 0.1) is 0 Å². The molecule has 0 spiro atoms. The van der Waals surface area contributed by atoms with Crippen molar-refractivity contribution >= 4 is 25.6 Å². The van der Waals surface area contributed by atoms with Crippen molar-refractivity contribution in [1.29, 1.82) is 0 Å². The van der Waals surface area contributed by atoms with Gasteiger partial charge in [-0.3, -0.25) is 4.79 Å². The summed E-state index contributed by atoms with van der Waals surface area (Å²) in [4.78, 5) is 12.7. The van der Waals surface area contributed by atoms with E-state index in [4.69, 9.17) is 0 Å². The summed E-state index contributed by atoms with van der Waals surface area (Å²) in [6, 6.07) is 12.6. The Balaban J connectivity index is 2.15. The summed E-state index contributed by atoms with van der Waals surface area (Å²) in [6.45, 7) is 8.45. The highest BCUT2D eigenvalue weighted by Crippen LogP contribution is 2.21. The van der Waals surface area contributed by atoms with Gasteiger partial charge in [-0.05, 0) is 57.9 Å². The molecule has 0 fully saturated rings. The van der Waals surface area contributed by atoms with E-state index >= 15 is 0 Å². The Labute approximate surface area is 179 Å². The quantitative estimate of drug-likeness (QED) is 0.620. The van der Waals surface area contributed by atoms with E-state index < -0.39 is 24.6 Å². The zero-order chi connectivity index (χ0) is 22.7. The molecule has 30 heavy (non-hydrogen) atoms. The zero-order valence-corrected chi connectivity index (χ0v) is 19.6. The van der Waals surface area contributed by atoms with Crippen LogP contribution in [0.5, 0.6) is 0 Å². The van der Waals surface area contributed by atoms with Gasteiger partial charge in [0.25, 0.3) is 0 Å². The first-order chi connectivity index (χ1) is 13.7. The van der Waals surface area contributed by atoms with Crippen molar-refractivity contribution in [3.63, 3.8) is 0 Å². The van der Waals surface area contributed by atoms with E-state index in [1.54, 1.807) is 71.0 Å². The number of nitrogens with one attached hydrogen (secondary N) is 1. The van der Waals surface area contributed by atoms with Crippen LogP contribution in [0.4, 0.5) is 0 Å². The Kier molecular flexibility index (Phi) is 7.27. The van der Waals surface area contributed by atoms with Crippen LogP contribution in [-0.4, -0.2) is 33.4 Å². The average molecular weight is 452 g/mol. The fourth-order valence-electron chi connectivity index (χ4n) is 2.71. The number of carbonyl (C=O) groups is 1. The summed E-state index contributed by atoms with van der Waals surface area (Å²) in [6.07, 6.45) is 0.0463. The molecule has 0 radical (unpaired) electrons. The van der Waals surface area contributed by atoms with E-state index in [0.717, 1.165) is 0 Å². The molecular weight excluding hydrogens is 422 g/mol. The Hall–Kier alpha value is -2.03. The van der Waals surface area contributed by atoms with Gasteiger partial charge in [0.15, 0.2) is 15.6 Å². The third-order valence-corrected chi connectivity index (χ3v) is 8.77. The smallest absolute Gasteiger partial charge is 0.240 e. The predicted molar refractivity (Wildman–Crippen MR) is 119 cm³/mol. The number of benzene rings is 2. The molecule has 0 saturated heterocycles. The molecule has 1 N–H and O–H groups in total. The number of Topliss-reactive ketones (excluding diaryl/α,β-unsaturated/α-hetero) is 1. The molecule has 2 rings (SSSR count). The van der Waals surface area contributed by atoms with Crippen LogP contribution in [0.25, 0.3) is 0 Å². The second-order valence-electron chi connectivity index (χ2n) is 8.59. The lowest BCUT2D eigenvalue weighted by Gasteiger charge is -2.19. The summed E-state index contributed by atoms with van der Waals surface area (Å²) in [5, 5.41) is 0. The van der Waals surface area contributed by atoms with Gasteiger partial charge in [-0.1, -0.05) is 36.4 Å². The highest BCUT2D eigenvalue weighted by Gasteiger charge is 2.29. The summed E-state index contributed by atoms with van der Waals surface area (Å²) >= 11 is 0. The monoisotopic (exact) mass is 451 g/mol. The zero-order valence-electron chi connectivity index (χ0n) is 18.0. The van der Waals surface area contributed by atoms with Crippen molar-refractivity contribution in [3.8, 4) is 0 Å². The molecular formula is C22H29NO5S2. The Morgan fingerprint density at radius 3 is 2.07 bits per heavy atom. The summed E-state index contributed by atoms with van der Waals surface area (Å²) in [5.41, 5.74) is 1.65. The number of carbonyl (C=O) groups excluding carboxylic acids is 1. The third kappa shape index (κ3) is 6.23. The molecule has 2 aromatic rings. The van der Waals surface area contributed by atoms with Crippen molar-refractivity contribution in [2.45, 2.75) is 62.5 Å². The van der Waals surface area contributed by atoms with Crippen LogP contribution >= 0.6 is 0 Å². The Bertz CT molecular complexity index is 1110. The maximum absolute atomic E-state index is 12.6. The van der Waals surface area contributed by atoms with Gasteiger partial charge in [-0.15, -0.1) is 0 Å². The van der Waals surface area contributed by atoms with Crippen molar-refractivity contribution in [2.24, 2.45) is 0 Å². The van der Waals surface area contributed by atoms with Crippen LogP contribution < -0.4 is 4.72 Å². The normalized spacial score (nSPS) is 12.9. The van der Waals surface area contributed by atoms with Crippen molar-refractivity contribution in [1.82, 2.24) is 4.72 Å². The first-order valence-electron chi connectivity index (χ1n) is 9.67. The van der Waals surface area contributed by atoms with Gasteiger partial charge in [0.1, 0.15) is 0 Å². The van der Waals surface area contributed by atoms with E-state index in [1.165, 1.54) is 12.1 Å². The molecule has 0 aliphatic heterocycles. The largest absolute Gasteiger partial charge is 0.294 e.